The monoisotopic (exact) mass is 484 g/mol. The first-order chi connectivity index (χ1) is 15.9. The van der Waals surface area contributed by atoms with Crippen molar-refractivity contribution in [2.75, 3.05) is 6.54 Å². The van der Waals surface area contributed by atoms with Crippen molar-refractivity contribution in [3.05, 3.63) is 82.2 Å². The van der Waals surface area contributed by atoms with E-state index in [0.29, 0.717) is 11.6 Å². The summed E-state index contributed by atoms with van der Waals surface area (Å²) in [4.78, 5) is 28.8. The van der Waals surface area contributed by atoms with Crippen molar-refractivity contribution in [2.45, 2.75) is 37.6 Å². The number of thiophene rings is 1. The minimum atomic E-state index is -1.85. The van der Waals surface area contributed by atoms with Gasteiger partial charge in [0.2, 0.25) is 0 Å². The maximum atomic E-state index is 12.9. The molecule has 1 unspecified atom stereocenters. The molecular formula is C25H25ClN2O4S. The van der Waals surface area contributed by atoms with E-state index < -0.39 is 24.0 Å². The van der Waals surface area contributed by atoms with Crippen LogP contribution in [0.5, 0.6) is 0 Å². The fourth-order valence-corrected chi connectivity index (χ4v) is 5.20. The first kappa shape index (κ1) is 23.4. The number of aliphatic hydroxyl groups is 2. The van der Waals surface area contributed by atoms with Gasteiger partial charge in [-0.25, -0.2) is 0 Å². The Morgan fingerprint density at radius 1 is 1.06 bits per heavy atom. The third-order valence-corrected chi connectivity index (χ3v) is 7.12. The largest absolute Gasteiger partial charge is 0.380 e. The van der Waals surface area contributed by atoms with Crippen molar-refractivity contribution in [2.24, 2.45) is 0 Å². The van der Waals surface area contributed by atoms with Gasteiger partial charge >= 0.3 is 0 Å². The van der Waals surface area contributed by atoms with Crippen LogP contribution in [0.3, 0.4) is 0 Å². The molecule has 0 spiro atoms. The number of benzene rings is 2. The summed E-state index contributed by atoms with van der Waals surface area (Å²) < 4.78 is 0. The second-order valence-electron chi connectivity index (χ2n) is 7.98. The molecule has 172 valence electrons. The van der Waals surface area contributed by atoms with Gasteiger partial charge in [-0.15, -0.1) is 11.3 Å². The molecule has 0 aliphatic carbocycles. The summed E-state index contributed by atoms with van der Waals surface area (Å²) in [6.07, 6.45) is -2.21. The molecule has 0 saturated carbocycles. The number of rotatable bonds is 7. The molecular weight excluding hydrogens is 460 g/mol. The Balaban J connectivity index is 1.35. The minimum Gasteiger partial charge on any atom is -0.380 e. The smallest absolute Gasteiger partial charge is 0.255 e. The molecule has 8 heteroatoms. The molecule has 2 heterocycles. The second kappa shape index (κ2) is 10.5. The highest BCUT2D eigenvalue weighted by Gasteiger charge is 2.38. The third-order valence-electron chi connectivity index (χ3n) is 5.75. The maximum absolute atomic E-state index is 12.9. The van der Waals surface area contributed by atoms with Gasteiger partial charge in [0.15, 0.2) is 12.2 Å². The lowest BCUT2D eigenvalue weighted by Gasteiger charge is -2.28. The highest BCUT2D eigenvalue weighted by atomic mass is 35.5. The van der Waals surface area contributed by atoms with Gasteiger partial charge in [0.05, 0.1) is 12.6 Å². The van der Waals surface area contributed by atoms with Gasteiger partial charge in [-0.2, -0.15) is 0 Å². The van der Waals surface area contributed by atoms with Crippen LogP contribution < -0.4 is 5.32 Å². The highest BCUT2D eigenvalue weighted by molar-refractivity contribution is 7.15. The molecule has 1 aliphatic rings. The summed E-state index contributed by atoms with van der Waals surface area (Å²) >= 11 is 7.61. The van der Waals surface area contributed by atoms with Crippen LogP contribution in [0.25, 0.3) is 10.4 Å². The van der Waals surface area contributed by atoms with Crippen LogP contribution in [0.1, 0.15) is 29.3 Å². The predicted octanol–water partition coefficient (Wildman–Crippen LogP) is 3.77. The van der Waals surface area contributed by atoms with E-state index in [4.69, 9.17) is 11.6 Å². The molecule has 3 aromatic rings. The summed E-state index contributed by atoms with van der Waals surface area (Å²) in [5, 5.41) is 24.0. The summed E-state index contributed by atoms with van der Waals surface area (Å²) in [5.74, 6) is -1.45. The second-order valence-corrected chi connectivity index (χ2v) is 9.59. The SMILES string of the molecule is O=C(NCc1ccc(-c2ccccc2)s1)[C@H](O)[C@@H](O)C(=O)N1CCCC1c1cccc(Cl)c1. The minimum absolute atomic E-state index is 0.198. The van der Waals surface area contributed by atoms with Crippen LogP contribution in [0.4, 0.5) is 0 Å². The fraction of sp³-hybridized carbons (Fsp3) is 0.280. The molecule has 1 saturated heterocycles. The molecule has 3 N–H and O–H groups in total. The average Bonchev–Trinajstić information content (AvgIpc) is 3.52. The quantitative estimate of drug-likeness (QED) is 0.476. The number of amides is 2. The Labute approximate surface area is 201 Å². The van der Waals surface area contributed by atoms with Gasteiger partial charge in [-0.3, -0.25) is 9.59 Å². The fourth-order valence-electron chi connectivity index (χ4n) is 4.05. The van der Waals surface area contributed by atoms with E-state index in [1.807, 2.05) is 54.6 Å². The van der Waals surface area contributed by atoms with Gasteiger partial charge in [-0.1, -0.05) is 54.1 Å². The first-order valence-electron chi connectivity index (χ1n) is 10.8. The Kier molecular flexibility index (Phi) is 7.45. The van der Waals surface area contributed by atoms with E-state index in [1.54, 1.807) is 12.1 Å². The summed E-state index contributed by atoms with van der Waals surface area (Å²) in [6, 6.07) is 20.8. The molecule has 0 bridgehead atoms. The number of hydrogen-bond acceptors (Lipinski definition) is 5. The van der Waals surface area contributed by atoms with Crippen LogP contribution in [0.2, 0.25) is 5.02 Å². The van der Waals surface area contributed by atoms with Crippen molar-refractivity contribution in [1.82, 2.24) is 10.2 Å². The van der Waals surface area contributed by atoms with Crippen molar-refractivity contribution >= 4 is 34.8 Å². The van der Waals surface area contributed by atoms with Gasteiger partial charge in [-0.05, 0) is 48.2 Å². The normalized spacial score (nSPS) is 17.5. The topological polar surface area (TPSA) is 89.9 Å². The number of hydrogen-bond donors (Lipinski definition) is 3. The number of carbonyl (C=O) groups excluding carboxylic acids is 2. The molecule has 0 radical (unpaired) electrons. The van der Waals surface area contributed by atoms with Crippen LogP contribution in [-0.2, 0) is 16.1 Å². The zero-order valence-corrected chi connectivity index (χ0v) is 19.4. The molecule has 4 rings (SSSR count). The molecule has 1 fully saturated rings. The van der Waals surface area contributed by atoms with Crippen molar-refractivity contribution < 1.29 is 19.8 Å². The number of carbonyl (C=O) groups is 2. The average molecular weight is 485 g/mol. The lowest BCUT2D eigenvalue weighted by Crippen LogP contribution is -2.50. The van der Waals surface area contributed by atoms with E-state index in [1.165, 1.54) is 16.2 Å². The Hall–Kier alpha value is -2.71. The number of nitrogens with one attached hydrogen (secondary N) is 1. The molecule has 3 atom stereocenters. The van der Waals surface area contributed by atoms with Gasteiger partial charge in [0, 0.05) is 21.3 Å². The lowest BCUT2D eigenvalue weighted by molar-refractivity contribution is -0.153. The van der Waals surface area contributed by atoms with Gasteiger partial charge in [0.25, 0.3) is 11.8 Å². The number of aliphatic hydroxyl groups excluding tert-OH is 2. The van der Waals surface area contributed by atoms with Crippen LogP contribution >= 0.6 is 22.9 Å². The third kappa shape index (κ3) is 5.45. The summed E-state index contributed by atoms with van der Waals surface area (Å²) in [5.41, 5.74) is 1.95. The number of likely N-dealkylation sites (tertiary alicyclic amines) is 1. The van der Waals surface area contributed by atoms with Crippen LogP contribution in [0.15, 0.2) is 66.7 Å². The predicted molar refractivity (Wildman–Crippen MR) is 129 cm³/mol. The van der Waals surface area contributed by atoms with Crippen LogP contribution in [0, 0.1) is 0 Å². The van der Waals surface area contributed by atoms with Crippen LogP contribution in [-0.4, -0.2) is 45.7 Å². The molecule has 2 aromatic carbocycles. The first-order valence-corrected chi connectivity index (χ1v) is 12.0. The Bertz CT molecular complexity index is 1120. The summed E-state index contributed by atoms with van der Waals surface area (Å²) in [7, 11) is 0. The zero-order valence-electron chi connectivity index (χ0n) is 17.9. The molecule has 2 amide bonds. The standard InChI is InChI=1S/C25H25ClN2O4S/c26-18-9-4-8-17(14-18)20-10-5-13-28(20)25(32)23(30)22(29)24(31)27-15-19-11-12-21(33-19)16-6-2-1-3-7-16/h1-4,6-9,11-12,14,20,22-23,29-30H,5,10,13,15H2,(H,27,31)/t20?,22-,23-/m1/s1. The number of halogens is 1. The summed E-state index contributed by atoms with van der Waals surface area (Å²) in [6.45, 7) is 0.641. The van der Waals surface area contributed by atoms with E-state index in [9.17, 15) is 19.8 Å². The van der Waals surface area contributed by atoms with Crippen molar-refractivity contribution in [1.29, 1.82) is 0 Å². The Morgan fingerprint density at radius 2 is 1.85 bits per heavy atom. The Morgan fingerprint density at radius 3 is 2.61 bits per heavy atom. The van der Waals surface area contributed by atoms with Gasteiger partial charge in [0.1, 0.15) is 0 Å². The molecule has 6 nitrogen and oxygen atoms in total. The maximum Gasteiger partial charge on any atom is 0.255 e. The van der Waals surface area contributed by atoms with Gasteiger partial charge < -0.3 is 20.4 Å². The van der Waals surface area contributed by atoms with E-state index in [2.05, 4.69) is 5.32 Å². The zero-order chi connectivity index (χ0) is 23.4. The number of nitrogens with zero attached hydrogens (tertiary/aromatic N) is 1. The molecule has 33 heavy (non-hydrogen) atoms. The molecule has 1 aliphatic heterocycles. The molecule has 1 aromatic heterocycles. The van der Waals surface area contributed by atoms with Crippen molar-refractivity contribution in [3.8, 4) is 10.4 Å². The van der Waals surface area contributed by atoms with E-state index in [-0.39, 0.29) is 12.6 Å². The van der Waals surface area contributed by atoms with Crippen molar-refractivity contribution in [3.63, 3.8) is 0 Å². The highest BCUT2D eigenvalue weighted by Crippen LogP contribution is 2.33. The van der Waals surface area contributed by atoms with E-state index >= 15 is 0 Å². The van der Waals surface area contributed by atoms with E-state index in [0.717, 1.165) is 33.7 Å². The lowest BCUT2D eigenvalue weighted by atomic mass is 10.0.